The second-order valence-corrected chi connectivity index (χ2v) is 8.67. The van der Waals surface area contributed by atoms with E-state index in [2.05, 4.69) is 6.92 Å². The molecule has 150 valence electrons. The van der Waals surface area contributed by atoms with E-state index in [9.17, 15) is 14.3 Å². The third kappa shape index (κ3) is 4.45. The molecule has 1 aromatic carbocycles. The highest BCUT2D eigenvalue weighted by Gasteiger charge is 2.36. The van der Waals surface area contributed by atoms with Crippen molar-refractivity contribution in [1.29, 1.82) is 0 Å². The van der Waals surface area contributed by atoms with Crippen LogP contribution in [0.5, 0.6) is 5.75 Å². The Morgan fingerprint density at radius 1 is 1.26 bits per heavy atom. The van der Waals surface area contributed by atoms with E-state index < -0.39 is 11.4 Å². The van der Waals surface area contributed by atoms with Gasteiger partial charge < -0.3 is 14.7 Å². The van der Waals surface area contributed by atoms with Gasteiger partial charge in [0.05, 0.1) is 17.8 Å². The van der Waals surface area contributed by atoms with Crippen LogP contribution in [0.3, 0.4) is 0 Å². The van der Waals surface area contributed by atoms with Gasteiger partial charge >= 0.3 is 0 Å². The quantitative estimate of drug-likeness (QED) is 0.710. The zero-order valence-corrected chi connectivity index (χ0v) is 16.8. The average Bonchev–Trinajstić information content (AvgIpc) is 2.93. The summed E-state index contributed by atoms with van der Waals surface area (Å²) in [6, 6.07) is 3.47. The van der Waals surface area contributed by atoms with Crippen LogP contribution in [-0.2, 0) is 6.54 Å². The highest BCUT2D eigenvalue weighted by atomic mass is 19.1. The van der Waals surface area contributed by atoms with Crippen molar-refractivity contribution in [3.63, 3.8) is 0 Å². The van der Waals surface area contributed by atoms with Crippen LogP contribution in [0.1, 0.15) is 75.2 Å². The summed E-state index contributed by atoms with van der Waals surface area (Å²) in [4.78, 5) is 14.6. The van der Waals surface area contributed by atoms with Gasteiger partial charge in [-0.1, -0.05) is 19.4 Å². The molecule has 0 unspecified atom stereocenters. The predicted molar refractivity (Wildman–Crippen MR) is 103 cm³/mol. The number of unbranched alkanes of at least 4 members (excludes halogenated alkanes) is 1. The molecule has 3 rings (SSSR count). The van der Waals surface area contributed by atoms with Crippen molar-refractivity contribution in [3.8, 4) is 5.75 Å². The third-order valence-corrected chi connectivity index (χ3v) is 6.13. The molecule has 2 aliphatic rings. The van der Waals surface area contributed by atoms with Gasteiger partial charge in [-0.15, -0.1) is 0 Å². The van der Waals surface area contributed by atoms with Crippen LogP contribution in [0, 0.1) is 17.7 Å². The van der Waals surface area contributed by atoms with Crippen molar-refractivity contribution in [2.75, 3.05) is 13.2 Å². The lowest BCUT2D eigenvalue weighted by atomic mass is 9.75. The minimum Gasteiger partial charge on any atom is -0.490 e. The molecule has 1 aliphatic heterocycles. The Kier molecular flexibility index (Phi) is 6.09. The molecule has 0 radical (unpaired) electrons. The van der Waals surface area contributed by atoms with Crippen molar-refractivity contribution in [1.82, 2.24) is 4.90 Å². The first-order valence-electron chi connectivity index (χ1n) is 10.3. The van der Waals surface area contributed by atoms with Gasteiger partial charge in [0.25, 0.3) is 5.91 Å². The van der Waals surface area contributed by atoms with E-state index in [1.807, 2.05) is 19.9 Å². The maximum absolute atomic E-state index is 14.8. The lowest BCUT2D eigenvalue weighted by Crippen LogP contribution is -2.37. The molecule has 1 aromatic rings. The molecule has 1 aliphatic carbocycles. The monoisotopic (exact) mass is 377 g/mol. The number of ether oxygens (including phenoxy) is 1. The normalized spacial score (nSPS) is 22.9. The van der Waals surface area contributed by atoms with Crippen LogP contribution in [-0.4, -0.2) is 34.7 Å². The van der Waals surface area contributed by atoms with E-state index in [0.29, 0.717) is 31.5 Å². The van der Waals surface area contributed by atoms with Crippen LogP contribution < -0.4 is 4.74 Å². The zero-order chi connectivity index (χ0) is 19.6. The standard InChI is InChI=1S/C22H32FNO3/c1-4-5-12-27-18-11-8-16-14-24(21(25)19(16)20(18)23)13-15-6-9-17(10-7-15)22(2,3)26/h8,11,15,17,26H,4-7,9-10,12-14H2,1-3H3. The molecule has 0 aromatic heterocycles. The Labute approximate surface area is 161 Å². The zero-order valence-electron chi connectivity index (χ0n) is 16.8. The van der Waals surface area contributed by atoms with Crippen molar-refractivity contribution in [2.45, 2.75) is 71.4 Å². The number of fused-ring (bicyclic) bond motifs is 1. The molecule has 0 bridgehead atoms. The van der Waals surface area contributed by atoms with Gasteiger partial charge in [0.1, 0.15) is 0 Å². The summed E-state index contributed by atoms with van der Waals surface area (Å²) in [6.45, 7) is 7.42. The molecule has 1 N–H and O–H groups in total. The molecular weight excluding hydrogens is 345 g/mol. The third-order valence-electron chi connectivity index (χ3n) is 6.13. The maximum atomic E-state index is 14.8. The van der Waals surface area contributed by atoms with E-state index in [1.165, 1.54) is 0 Å². The first kappa shape index (κ1) is 20.1. The summed E-state index contributed by atoms with van der Waals surface area (Å²) in [6.07, 6.45) is 5.81. The van der Waals surface area contributed by atoms with Gasteiger partial charge in [-0.3, -0.25) is 4.79 Å². The van der Waals surface area contributed by atoms with Gasteiger partial charge in [-0.05, 0) is 69.4 Å². The number of hydrogen-bond donors (Lipinski definition) is 1. The number of benzene rings is 1. The van der Waals surface area contributed by atoms with Crippen LogP contribution in [0.2, 0.25) is 0 Å². The summed E-state index contributed by atoms with van der Waals surface area (Å²) >= 11 is 0. The number of amides is 1. The van der Waals surface area contributed by atoms with Gasteiger partial charge in [0.2, 0.25) is 0 Å². The first-order chi connectivity index (χ1) is 12.8. The molecule has 1 fully saturated rings. The lowest BCUT2D eigenvalue weighted by molar-refractivity contribution is -0.00801. The average molecular weight is 378 g/mol. The van der Waals surface area contributed by atoms with E-state index in [4.69, 9.17) is 4.74 Å². The summed E-state index contributed by atoms with van der Waals surface area (Å²) in [5.41, 5.74) is 0.307. The highest BCUT2D eigenvalue weighted by molar-refractivity contribution is 5.99. The van der Waals surface area contributed by atoms with E-state index in [1.54, 1.807) is 11.0 Å². The number of nitrogens with zero attached hydrogens (tertiary/aromatic N) is 1. The highest BCUT2D eigenvalue weighted by Crippen LogP contribution is 2.37. The minimum atomic E-state index is -0.637. The van der Waals surface area contributed by atoms with Crippen LogP contribution in [0.15, 0.2) is 12.1 Å². The van der Waals surface area contributed by atoms with E-state index in [-0.39, 0.29) is 17.2 Å². The van der Waals surface area contributed by atoms with Crippen LogP contribution >= 0.6 is 0 Å². The van der Waals surface area contributed by atoms with Crippen molar-refractivity contribution >= 4 is 5.91 Å². The number of rotatable bonds is 7. The fraction of sp³-hybridized carbons (Fsp3) is 0.682. The van der Waals surface area contributed by atoms with Gasteiger partial charge in [0, 0.05) is 13.1 Å². The number of carbonyl (C=O) groups is 1. The molecule has 1 amide bonds. The fourth-order valence-corrected chi connectivity index (χ4v) is 4.34. The summed E-state index contributed by atoms with van der Waals surface area (Å²) in [5.74, 6) is 0.198. The second-order valence-electron chi connectivity index (χ2n) is 8.67. The molecule has 1 heterocycles. The minimum absolute atomic E-state index is 0.183. The second kappa shape index (κ2) is 8.17. The molecule has 0 saturated heterocycles. The molecule has 4 nitrogen and oxygen atoms in total. The Hall–Kier alpha value is -1.62. The van der Waals surface area contributed by atoms with Gasteiger partial charge in [-0.25, -0.2) is 4.39 Å². The van der Waals surface area contributed by atoms with E-state index in [0.717, 1.165) is 44.1 Å². The van der Waals surface area contributed by atoms with Gasteiger partial charge in [0.15, 0.2) is 11.6 Å². The lowest BCUT2D eigenvalue weighted by Gasteiger charge is -2.36. The Morgan fingerprint density at radius 3 is 2.59 bits per heavy atom. The van der Waals surface area contributed by atoms with Crippen molar-refractivity contribution in [2.24, 2.45) is 11.8 Å². The summed E-state index contributed by atoms with van der Waals surface area (Å²) in [7, 11) is 0. The molecule has 0 atom stereocenters. The number of halogens is 1. The van der Waals surface area contributed by atoms with Crippen molar-refractivity contribution < 1.29 is 19.0 Å². The summed E-state index contributed by atoms with van der Waals surface area (Å²) in [5, 5.41) is 10.2. The molecular formula is C22H32FNO3. The summed E-state index contributed by atoms with van der Waals surface area (Å²) < 4.78 is 20.3. The topological polar surface area (TPSA) is 49.8 Å². The predicted octanol–water partition coefficient (Wildman–Crippen LogP) is 4.54. The Bertz CT molecular complexity index is 675. The first-order valence-corrected chi connectivity index (χ1v) is 10.3. The smallest absolute Gasteiger partial charge is 0.257 e. The molecule has 0 spiro atoms. The van der Waals surface area contributed by atoms with E-state index >= 15 is 0 Å². The molecule has 1 saturated carbocycles. The Balaban J connectivity index is 1.61. The largest absolute Gasteiger partial charge is 0.490 e. The maximum Gasteiger partial charge on any atom is 0.257 e. The number of aliphatic hydroxyl groups is 1. The molecule has 5 heteroatoms. The fourth-order valence-electron chi connectivity index (χ4n) is 4.34. The number of hydrogen-bond acceptors (Lipinski definition) is 3. The molecule has 27 heavy (non-hydrogen) atoms. The van der Waals surface area contributed by atoms with Crippen LogP contribution in [0.25, 0.3) is 0 Å². The SMILES string of the molecule is CCCCOc1ccc2c(c1F)C(=O)N(CC1CCC(C(C)(C)O)CC1)C2. The number of carbonyl (C=O) groups excluding carboxylic acids is 1. The Morgan fingerprint density at radius 2 is 1.96 bits per heavy atom. The van der Waals surface area contributed by atoms with Crippen molar-refractivity contribution in [3.05, 3.63) is 29.1 Å². The van der Waals surface area contributed by atoms with Gasteiger partial charge in [-0.2, -0.15) is 0 Å². The van der Waals surface area contributed by atoms with Crippen LogP contribution in [0.4, 0.5) is 4.39 Å².